The van der Waals surface area contributed by atoms with E-state index in [9.17, 15) is 17.6 Å². The van der Waals surface area contributed by atoms with Crippen LogP contribution in [0, 0.1) is 5.82 Å². The third kappa shape index (κ3) is 3.60. The van der Waals surface area contributed by atoms with Crippen molar-refractivity contribution in [2.75, 3.05) is 10.6 Å². The first-order valence-electron chi connectivity index (χ1n) is 8.47. The predicted octanol–water partition coefficient (Wildman–Crippen LogP) is 3.48. The number of rotatable bonds is 3. The highest BCUT2D eigenvalue weighted by molar-refractivity contribution is 7.89. The van der Waals surface area contributed by atoms with Crippen LogP contribution in [0.1, 0.15) is 22.1 Å². The number of sulfonamides is 1. The van der Waals surface area contributed by atoms with Crippen LogP contribution in [0.4, 0.5) is 15.8 Å². The lowest BCUT2D eigenvalue weighted by atomic mass is 10.1. The number of carbonyl (C=O) groups is 1. The molecule has 3 N–H and O–H groups in total. The fourth-order valence-corrected chi connectivity index (χ4v) is 4.28. The van der Waals surface area contributed by atoms with E-state index in [0.29, 0.717) is 22.5 Å². The van der Waals surface area contributed by atoms with E-state index < -0.39 is 22.0 Å². The molecule has 3 aromatic carbocycles. The van der Waals surface area contributed by atoms with Gasteiger partial charge in [-0.15, -0.1) is 0 Å². The van der Waals surface area contributed by atoms with Gasteiger partial charge in [-0.2, -0.15) is 4.72 Å². The quantitative estimate of drug-likeness (QED) is 0.632. The van der Waals surface area contributed by atoms with Crippen LogP contribution in [-0.2, 0) is 10.0 Å². The normalized spacial score (nSPS) is 17.2. The molecule has 142 valence electrons. The van der Waals surface area contributed by atoms with E-state index >= 15 is 0 Å². The van der Waals surface area contributed by atoms with Gasteiger partial charge in [-0.25, -0.2) is 12.8 Å². The molecule has 1 heterocycles. The number of para-hydroxylation sites is 1. The molecule has 1 atom stereocenters. The van der Waals surface area contributed by atoms with Crippen molar-refractivity contribution in [1.82, 2.24) is 4.72 Å². The topological polar surface area (TPSA) is 87.3 Å². The van der Waals surface area contributed by atoms with E-state index in [0.717, 1.165) is 0 Å². The molecule has 0 saturated heterocycles. The Kier molecular flexibility index (Phi) is 4.58. The Labute approximate surface area is 161 Å². The number of hydrogen-bond donors (Lipinski definition) is 3. The number of anilines is 2. The summed E-state index contributed by atoms with van der Waals surface area (Å²) >= 11 is 0. The maximum absolute atomic E-state index is 13.2. The van der Waals surface area contributed by atoms with Gasteiger partial charge in [0.15, 0.2) is 0 Å². The molecule has 6 nitrogen and oxygen atoms in total. The molecule has 0 fully saturated rings. The second-order valence-corrected chi connectivity index (χ2v) is 7.96. The first-order chi connectivity index (χ1) is 13.4. The molecule has 0 spiro atoms. The smallest absolute Gasteiger partial charge is 0.255 e. The van der Waals surface area contributed by atoms with Gasteiger partial charge in [-0.3, -0.25) is 4.79 Å². The Morgan fingerprint density at radius 2 is 1.71 bits per heavy atom. The maximum Gasteiger partial charge on any atom is 0.255 e. The highest BCUT2D eigenvalue weighted by Crippen LogP contribution is 2.30. The zero-order valence-electron chi connectivity index (χ0n) is 14.5. The van der Waals surface area contributed by atoms with Gasteiger partial charge in [-0.1, -0.05) is 30.3 Å². The van der Waals surface area contributed by atoms with E-state index in [1.807, 2.05) is 0 Å². The van der Waals surface area contributed by atoms with Crippen molar-refractivity contribution in [1.29, 1.82) is 0 Å². The average Bonchev–Trinajstić information content (AvgIpc) is 2.67. The lowest BCUT2D eigenvalue weighted by Gasteiger charge is -2.28. The van der Waals surface area contributed by atoms with Crippen LogP contribution in [0.15, 0.2) is 77.7 Å². The minimum absolute atomic E-state index is 0.192. The van der Waals surface area contributed by atoms with Gasteiger partial charge in [-0.05, 0) is 48.0 Å². The monoisotopic (exact) mass is 397 g/mol. The van der Waals surface area contributed by atoms with Gasteiger partial charge in [0.05, 0.1) is 5.69 Å². The van der Waals surface area contributed by atoms with Crippen LogP contribution in [0.2, 0.25) is 0 Å². The summed E-state index contributed by atoms with van der Waals surface area (Å²) < 4.78 is 40.6. The van der Waals surface area contributed by atoms with Crippen LogP contribution < -0.4 is 15.4 Å². The summed E-state index contributed by atoms with van der Waals surface area (Å²) in [4.78, 5) is 12.5. The van der Waals surface area contributed by atoms with Crippen molar-refractivity contribution in [2.45, 2.75) is 11.1 Å². The Morgan fingerprint density at radius 1 is 0.964 bits per heavy atom. The van der Waals surface area contributed by atoms with E-state index in [2.05, 4.69) is 15.4 Å². The largest absolute Gasteiger partial charge is 0.364 e. The summed E-state index contributed by atoms with van der Waals surface area (Å²) in [7, 11) is -3.64. The van der Waals surface area contributed by atoms with Crippen molar-refractivity contribution in [2.24, 2.45) is 0 Å². The molecular formula is C20H16FN3O3S. The van der Waals surface area contributed by atoms with Gasteiger partial charge in [0.25, 0.3) is 5.91 Å². The molecule has 1 aliphatic rings. The van der Waals surface area contributed by atoms with Crippen LogP contribution in [0.25, 0.3) is 0 Å². The number of benzene rings is 3. The molecule has 4 rings (SSSR count). The number of hydrogen-bond acceptors (Lipinski definition) is 4. The Balaban J connectivity index is 1.53. The van der Waals surface area contributed by atoms with Crippen molar-refractivity contribution in [3.05, 3.63) is 89.7 Å². The van der Waals surface area contributed by atoms with E-state index in [4.69, 9.17) is 0 Å². The second kappa shape index (κ2) is 7.06. The minimum atomic E-state index is -3.64. The summed E-state index contributed by atoms with van der Waals surface area (Å²) in [6.07, 6.45) is -0.653. The number of nitrogens with one attached hydrogen (secondary N) is 3. The Hall–Kier alpha value is -3.23. The molecule has 0 saturated carbocycles. The highest BCUT2D eigenvalue weighted by Gasteiger charge is 2.29. The number of halogens is 1. The number of amides is 1. The Bertz CT molecular complexity index is 1150. The molecule has 1 amide bonds. The lowest BCUT2D eigenvalue weighted by molar-refractivity contribution is 0.102. The first-order valence-corrected chi connectivity index (χ1v) is 9.95. The highest BCUT2D eigenvalue weighted by atomic mass is 32.2. The molecule has 8 heteroatoms. The molecule has 1 aliphatic heterocycles. The fraction of sp³-hybridized carbons (Fsp3) is 0.0500. The third-order valence-corrected chi connectivity index (χ3v) is 5.82. The van der Waals surface area contributed by atoms with Gasteiger partial charge in [0, 0.05) is 11.3 Å². The SMILES string of the molecule is O=C(Nc1cccc(F)c1)c1ccc([C@@H]2Nc3ccccc3S(=O)(=O)N2)cc1. The number of carbonyl (C=O) groups excluding carboxylic acids is 1. The summed E-state index contributed by atoms with van der Waals surface area (Å²) in [5, 5.41) is 5.75. The summed E-state index contributed by atoms with van der Waals surface area (Å²) in [5.41, 5.74) is 1.89. The number of fused-ring (bicyclic) bond motifs is 1. The standard InChI is InChI=1S/C20H16FN3O3S/c21-15-4-3-5-16(12-15)22-20(25)14-10-8-13(9-11-14)19-23-17-6-1-2-7-18(17)28(26,27)24-19/h1-12,19,23-24H,(H,22,25)/t19-/m1/s1. The van der Waals surface area contributed by atoms with Gasteiger partial charge < -0.3 is 10.6 Å². The summed E-state index contributed by atoms with van der Waals surface area (Å²) in [5.74, 6) is -0.830. The zero-order valence-corrected chi connectivity index (χ0v) is 15.3. The van der Waals surface area contributed by atoms with Crippen LogP contribution >= 0.6 is 0 Å². The van der Waals surface area contributed by atoms with Gasteiger partial charge in [0.1, 0.15) is 16.9 Å². The molecule has 3 aromatic rings. The maximum atomic E-state index is 13.2. The van der Waals surface area contributed by atoms with Gasteiger partial charge >= 0.3 is 0 Å². The minimum Gasteiger partial charge on any atom is -0.364 e. The van der Waals surface area contributed by atoms with Gasteiger partial charge in [0.2, 0.25) is 10.0 Å². The fourth-order valence-electron chi connectivity index (χ4n) is 2.97. The van der Waals surface area contributed by atoms with Crippen molar-refractivity contribution >= 4 is 27.3 Å². The molecule has 0 unspecified atom stereocenters. The zero-order chi connectivity index (χ0) is 19.7. The summed E-state index contributed by atoms with van der Waals surface area (Å²) in [6.45, 7) is 0. The first kappa shape index (κ1) is 18.1. The molecule has 28 heavy (non-hydrogen) atoms. The van der Waals surface area contributed by atoms with Crippen molar-refractivity contribution in [3.63, 3.8) is 0 Å². The lowest BCUT2D eigenvalue weighted by Crippen LogP contribution is -2.38. The van der Waals surface area contributed by atoms with E-state index in [1.54, 1.807) is 48.5 Å². The van der Waals surface area contributed by atoms with E-state index in [-0.39, 0.29) is 10.8 Å². The second-order valence-electron chi connectivity index (χ2n) is 6.28. The van der Waals surface area contributed by atoms with E-state index in [1.165, 1.54) is 24.3 Å². The van der Waals surface area contributed by atoms with Crippen molar-refractivity contribution < 1.29 is 17.6 Å². The molecular weight excluding hydrogens is 381 g/mol. The third-order valence-electron chi connectivity index (χ3n) is 4.34. The molecule has 0 aliphatic carbocycles. The van der Waals surface area contributed by atoms with Crippen LogP contribution in [0.3, 0.4) is 0 Å². The molecule has 0 bridgehead atoms. The average molecular weight is 397 g/mol. The Morgan fingerprint density at radius 3 is 2.46 bits per heavy atom. The predicted molar refractivity (Wildman–Crippen MR) is 104 cm³/mol. The van der Waals surface area contributed by atoms with Crippen molar-refractivity contribution in [3.8, 4) is 0 Å². The van der Waals surface area contributed by atoms with Crippen LogP contribution in [-0.4, -0.2) is 14.3 Å². The van der Waals surface area contributed by atoms with Crippen LogP contribution in [0.5, 0.6) is 0 Å². The molecule has 0 radical (unpaired) electrons. The summed E-state index contributed by atoms with van der Waals surface area (Å²) in [6, 6.07) is 18.7. The molecule has 0 aromatic heterocycles.